The average Bonchev–Trinajstić information content (AvgIpc) is 2.46. The first-order chi connectivity index (χ1) is 9.31. The molecule has 0 fully saturated rings. The van der Waals surface area contributed by atoms with E-state index in [1.165, 1.54) is 16.7 Å². The predicted molar refractivity (Wildman–Crippen MR) is 84.1 cm³/mol. The van der Waals surface area contributed by atoms with Gasteiger partial charge in [-0.25, -0.2) is 0 Å². The lowest BCUT2D eigenvalue weighted by Gasteiger charge is -2.12. The SMILES string of the molecule is Cc1cccc(CBr)c1OCCCc1ccccc1. The molecule has 0 radical (unpaired) electrons. The third-order valence-electron chi connectivity index (χ3n) is 3.14. The molecule has 0 aliphatic heterocycles. The number of alkyl halides is 1. The van der Waals surface area contributed by atoms with E-state index in [-0.39, 0.29) is 0 Å². The van der Waals surface area contributed by atoms with Crippen molar-refractivity contribution >= 4 is 15.9 Å². The quantitative estimate of drug-likeness (QED) is 0.543. The number of rotatable bonds is 6. The molecule has 2 heteroatoms. The Labute approximate surface area is 123 Å². The van der Waals surface area contributed by atoms with E-state index < -0.39 is 0 Å². The average molecular weight is 319 g/mol. The van der Waals surface area contributed by atoms with Crippen LogP contribution in [0.5, 0.6) is 5.75 Å². The Hall–Kier alpha value is -1.28. The molecule has 0 N–H and O–H groups in total. The maximum atomic E-state index is 5.95. The summed E-state index contributed by atoms with van der Waals surface area (Å²) in [6, 6.07) is 16.8. The summed E-state index contributed by atoms with van der Waals surface area (Å²) in [5.41, 5.74) is 3.80. The minimum absolute atomic E-state index is 0.764. The molecule has 19 heavy (non-hydrogen) atoms. The second kappa shape index (κ2) is 7.34. The molecule has 2 rings (SSSR count). The van der Waals surface area contributed by atoms with E-state index in [0.29, 0.717) is 0 Å². The Kier molecular flexibility index (Phi) is 5.46. The fraction of sp³-hybridized carbons (Fsp3) is 0.294. The van der Waals surface area contributed by atoms with Crippen molar-refractivity contribution in [2.75, 3.05) is 6.61 Å². The van der Waals surface area contributed by atoms with Crippen LogP contribution in [0.2, 0.25) is 0 Å². The molecule has 0 bridgehead atoms. The zero-order chi connectivity index (χ0) is 13.5. The Morgan fingerprint density at radius 2 is 1.79 bits per heavy atom. The first-order valence-corrected chi connectivity index (χ1v) is 7.74. The van der Waals surface area contributed by atoms with Crippen molar-refractivity contribution in [1.82, 2.24) is 0 Å². The van der Waals surface area contributed by atoms with E-state index in [1.54, 1.807) is 0 Å². The molecule has 0 aliphatic carbocycles. The van der Waals surface area contributed by atoms with Crippen LogP contribution >= 0.6 is 15.9 Å². The van der Waals surface area contributed by atoms with Crippen molar-refractivity contribution in [3.05, 3.63) is 65.2 Å². The summed E-state index contributed by atoms with van der Waals surface area (Å²) in [4.78, 5) is 0. The van der Waals surface area contributed by atoms with Crippen LogP contribution in [-0.4, -0.2) is 6.61 Å². The van der Waals surface area contributed by atoms with Gasteiger partial charge in [-0.3, -0.25) is 0 Å². The highest BCUT2D eigenvalue weighted by molar-refractivity contribution is 9.08. The molecule has 0 heterocycles. The van der Waals surface area contributed by atoms with Crippen LogP contribution < -0.4 is 4.74 Å². The molecule has 0 unspecified atom stereocenters. The molecule has 1 nitrogen and oxygen atoms in total. The summed E-state index contributed by atoms with van der Waals surface area (Å²) in [5.74, 6) is 1.03. The van der Waals surface area contributed by atoms with E-state index in [1.807, 2.05) is 0 Å². The maximum Gasteiger partial charge on any atom is 0.126 e. The number of hydrogen-bond acceptors (Lipinski definition) is 1. The maximum absolute atomic E-state index is 5.95. The molecule has 0 saturated heterocycles. The van der Waals surface area contributed by atoms with Crippen LogP contribution in [0.4, 0.5) is 0 Å². The highest BCUT2D eigenvalue weighted by Crippen LogP contribution is 2.25. The van der Waals surface area contributed by atoms with Gasteiger partial charge in [0.05, 0.1) is 6.61 Å². The van der Waals surface area contributed by atoms with Gasteiger partial charge in [-0.15, -0.1) is 0 Å². The van der Waals surface area contributed by atoms with Gasteiger partial charge < -0.3 is 4.74 Å². The van der Waals surface area contributed by atoms with Gasteiger partial charge in [0.2, 0.25) is 0 Å². The van der Waals surface area contributed by atoms with E-state index in [0.717, 1.165) is 30.5 Å². The van der Waals surface area contributed by atoms with Crippen LogP contribution in [0.15, 0.2) is 48.5 Å². The number of benzene rings is 2. The summed E-state index contributed by atoms with van der Waals surface area (Å²) >= 11 is 3.51. The van der Waals surface area contributed by atoms with Gasteiger partial charge >= 0.3 is 0 Å². The van der Waals surface area contributed by atoms with Crippen molar-refractivity contribution in [3.63, 3.8) is 0 Å². The Bertz CT molecular complexity index is 508. The zero-order valence-corrected chi connectivity index (χ0v) is 12.8. The third kappa shape index (κ3) is 4.10. The van der Waals surface area contributed by atoms with Crippen molar-refractivity contribution in [3.8, 4) is 5.75 Å². The van der Waals surface area contributed by atoms with Crippen LogP contribution in [0, 0.1) is 6.92 Å². The van der Waals surface area contributed by atoms with Crippen LogP contribution in [0.25, 0.3) is 0 Å². The first kappa shape index (κ1) is 14.1. The topological polar surface area (TPSA) is 9.23 Å². The van der Waals surface area contributed by atoms with Crippen LogP contribution in [0.1, 0.15) is 23.1 Å². The van der Waals surface area contributed by atoms with E-state index >= 15 is 0 Å². The molecule has 100 valence electrons. The van der Waals surface area contributed by atoms with Gasteiger partial charge in [-0.05, 0) is 30.9 Å². The van der Waals surface area contributed by atoms with Crippen molar-refractivity contribution in [2.24, 2.45) is 0 Å². The zero-order valence-electron chi connectivity index (χ0n) is 11.2. The second-order valence-corrected chi connectivity index (χ2v) is 5.20. The van der Waals surface area contributed by atoms with Gasteiger partial charge in [0.1, 0.15) is 5.75 Å². The van der Waals surface area contributed by atoms with Gasteiger partial charge in [0, 0.05) is 10.9 Å². The number of ether oxygens (including phenoxy) is 1. The van der Waals surface area contributed by atoms with E-state index in [2.05, 4.69) is 71.4 Å². The number of hydrogen-bond donors (Lipinski definition) is 0. The molecule has 0 atom stereocenters. The summed E-state index contributed by atoms with van der Waals surface area (Å²) < 4.78 is 5.95. The minimum atomic E-state index is 0.764. The lowest BCUT2D eigenvalue weighted by molar-refractivity contribution is 0.307. The van der Waals surface area contributed by atoms with E-state index in [9.17, 15) is 0 Å². The Morgan fingerprint density at radius 3 is 2.53 bits per heavy atom. The largest absolute Gasteiger partial charge is 0.493 e. The summed E-state index contributed by atoms with van der Waals surface area (Å²) in [6.45, 7) is 2.86. The number of halogens is 1. The Balaban J connectivity index is 1.86. The number of aryl methyl sites for hydroxylation is 2. The van der Waals surface area contributed by atoms with E-state index in [4.69, 9.17) is 4.74 Å². The van der Waals surface area contributed by atoms with Crippen molar-refractivity contribution in [1.29, 1.82) is 0 Å². The highest BCUT2D eigenvalue weighted by Gasteiger charge is 2.05. The second-order valence-electron chi connectivity index (χ2n) is 4.63. The predicted octanol–water partition coefficient (Wildman–Crippen LogP) is 4.90. The summed E-state index contributed by atoms with van der Waals surface area (Å²) in [5, 5.41) is 0.836. The van der Waals surface area contributed by atoms with Gasteiger partial charge in [-0.2, -0.15) is 0 Å². The molecule has 2 aromatic carbocycles. The van der Waals surface area contributed by atoms with Crippen molar-refractivity contribution in [2.45, 2.75) is 25.1 Å². The fourth-order valence-electron chi connectivity index (χ4n) is 2.12. The van der Waals surface area contributed by atoms with Gasteiger partial charge in [0.25, 0.3) is 0 Å². The Morgan fingerprint density at radius 1 is 1.00 bits per heavy atom. The molecule has 0 saturated carbocycles. The van der Waals surface area contributed by atoms with Gasteiger partial charge in [0.15, 0.2) is 0 Å². The van der Waals surface area contributed by atoms with Crippen LogP contribution in [-0.2, 0) is 11.8 Å². The lowest BCUT2D eigenvalue weighted by Crippen LogP contribution is -2.02. The number of para-hydroxylation sites is 1. The molecule has 0 amide bonds. The van der Waals surface area contributed by atoms with Gasteiger partial charge in [-0.1, -0.05) is 64.5 Å². The molecule has 2 aromatic rings. The third-order valence-corrected chi connectivity index (χ3v) is 3.74. The smallest absolute Gasteiger partial charge is 0.126 e. The standard InChI is InChI=1S/C17H19BrO/c1-14-7-5-11-16(13-18)17(14)19-12-6-10-15-8-3-2-4-9-15/h2-5,7-9,11H,6,10,12-13H2,1H3. The summed E-state index contributed by atoms with van der Waals surface area (Å²) in [6.07, 6.45) is 2.11. The lowest BCUT2D eigenvalue weighted by atomic mass is 10.1. The highest BCUT2D eigenvalue weighted by atomic mass is 79.9. The molecular weight excluding hydrogens is 300 g/mol. The fourth-order valence-corrected chi connectivity index (χ4v) is 2.56. The molecule has 0 aromatic heterocycles. The van der Waals surface area contributed by atoms with Crippen molar-refractivity contribution < 1.29 is 4.74 Å². The molecule has 0 aliphatic rings. The monoisotopic (exact) mass is 318 g/mol. The first-order valence-electron chi connectivity index (χ1n) is 6.62. The normalized spacial score (nSPS) is 10.4. The summed E-state index contributed by atoms with van der Waals surface area (Å²) in [7, 11) is 0. The molecular formula is C17H19BrO. The molecule has 0 spiro atoms. The minimum Gasteiger partial charge on any atom is -0.493 e. The van der Waals surface area contributed by atoms with Crippen LogP contribution in [0.3, 0.4) is 0 Å².